The predicted molar refractivity (Wildman–Crippen MR) is 221 cm³/mol. The summed E-state index contributed by atoms with van der Waals surface area (Å²) in [5.74, 6) is 0. The highest BCUT2D eigenvalue weighted by Gasteiger charge is 2.49. The number of fused-ring (bicyclic) bond motifs is 5. The van der Waals surface area contributed by atoms with Gasteiger partial charge in [0.2, 0.25) is 0 Å². The van der Waals surface area contributed by atoms with Gasteiger partial charge in [-0.1, -0.05) is 190 Å². The molecule has 0 atom stereocenters. The Morgan fingerprint density at radius 2 is 0.811 bits per heavy atom. The topological polar surface area (TPSA) is 3.24 Å². The van der Waals surface area contributed by atoms with Gasteiger partial charge < -0.3 is 4.90 Å². The third-order valence-electron chi connectivity index (χ3n) is 11.7. The molecule has 0 N–H and O–H groups in total. The average molecular weight is 678 g/mol. The first-order chi connectivity index (χ1) is 26.1. The van der Waals surface area contributed by atoms with Crippen LogP contribution in [0.5, 0.6) is 0 Å². The van der Waals surface area contributed by atoms with Crippen molar-refractivity contribution in [3.05, 3.63) is 234 Å². The first-order valence-corrected chi connectivity index (χ1v) is 18.6. The second-order valence-corrected chi connectivity index (χ2v) is 14.8. The molecule has 0 saturated carbocycles. The predicted octanol–water partition coefficient (Wildman–Crippen LogP) is 13.5. The Bertz CT molecular complexity index is 2530. The van der Waals surface area contributed by atoms with Gasteiger partial charge in [-0.3, -0.25) is 0 Å². The molecule has 2 aliphatic rings. The SMILES string of the molecule is CC1(C)c2ccccc2N(c2ccc3c(c2)C(c2ccccc2)(c2ccccc2)c2c(-c4ccccc4)ccc(-c4ccccc4)c2-3)c2ccccc21. The molecular formula is C52H39N. The van der Waals surface area contributed by atoms with Crippen LogP contribution in [0.3, 0.4) is 0 Å². The van der Waals surface area contributed by atoms with Crippen LogP contribution in [0.2, 0.25) is 0 Å². The molecule has 0 aromatic heterocycles. The molecule has 1 heterocycles. The zero-order valence-corrected chi connectivity index (χ0v) is 30.0. The van der Waals surface area contributed by atoms with Gasteiger partial charge >= 0.3 is 0 Å². The maximum absolute atomic E-state index is 2.50. The van der Waals surface area contributed by atoms with E-state index in [-0.39, 0.29) is 5.41 Å². The van der Waals surface area contributed by atoms with E-state index in [1.165, 1.54) is 78.1 Å². The average Bonchev–Trinajstić information content (AvgIpc) is 3.53. The maximum Gasteiger partial charge on any atom is 0.0720 e. The molecule has 0 saturated heterocycles. The van der Waals surface area contributed by atoms with Crippen LogP contribution in [0.1, 0.15) is 47.2 Å². The third-order valence-corrected chi connectivity index (χ3v) is 11.7. The summed E-state index contributed by atoms with van der Waals surface area (Å²) in [4.78, 5) is 2.50. The van der Waals surface area contributed by atoms with Gasteiger partial charge in [-0.15, -0.1) is 0 Å². The van der Waals surface area contributed by atoms with Crippen molar-refractivity contribution in [3.8, 4) is 33.4 Å². The summed E-state index contributed by atoms with van der Waals surface area (Å²) >= 11 is 0. The van der Waals surface area contributed by atoms with Gasteiger partial charge in [0.1, 0.15) is 0 Å². The minimum absolute atomic E-state index is 0.135. The van der Waals surface area contributed by atoms with E-state index in [1.54, 1.807) is 0 Å². The fourth-order valence-electron chi connectivity index (χ4n) is 9.41. The highest BCUT2D eigenvalue weighted by Crippen LogP contribution is 2.62. The summed E-state index contributed by atoms with van der Waals surface area (Å²) in [5.41, 5.74) is 18.2. The van der Waals surface area contributed by atoms with Crippen molar-refractivity contribution in [2.75, 3.05) is 4.90 Å². The summed E-state index contributed by atoms with van der Waals surface area (Å²) in [6.07, 6.45) is 0. The molecule has 1 aliphatic heterocycles. The van der Waals surface area contributed by atoms with E-state index in [0.29, 0.717) is 0 Å². The Kier molecular flexibility index (Phi) is 7.13. The van der Waals surface area contributed by atoms with Gasteiger partial charge in [-0.2, -0.15) is 0 Å². The second kappa shape index (κ2) is 12.1. The number of nitrogens with zero attached hydrogens (tertiary/aromatic N) is 1. The molecule has 0 bridgehead atoms. The van der Waals surface area contributed by atoms with Crippen molar-refractivity contribution in [1.82, 2.24) is 0 Å². The third kappa shape index (κ3) is 4.57. The van der Waals surface area contributed by atoms with Gasteiger partial charge in [-0.25, -0.2) is 0 Å². The van der Waals surface area contributed by atoms with Crippen LogP contribution in [0.25, 0.3) is 33.4 Å². The van der Waals surface area contributed by atoms with Crippen LogP contribution < -0.4 is 4.90 Å². The summed E-state index contributed by atoms with van der Waals surface area (Å²) in [6.45, 7) is 4.71. The van der Waals surface area contributed by atoms with Crippen molar-refractivity contribution in [1.29, 1.82) is 0 Å². The molecule has 0 amide bonds. The summed E-state index contributed by atoms with van der Waals surface area (Å²) in [6, 6.07) is 74.1. The first-order valence-electron chi connectivity index (χ1n) is 18.6. The number of anilines is 3. The summed E-state index contributed by atoms with van der Waals surface area (Å²) < 4.78 is 0. The minimum Gasteiger partial charge on any atom is -0.310 e. The number of rotatable bonds is 5. The van der Waals surface area contributed by atoms with Crippen molar-refractivity contribution < 1.29 is 0 Å². The smallest absolute Gasteiger partial charge is 0.0720 e. The molecular weight excluding hydrogens is 639 g/mol. The van der Waals surface area contributed by atoms with E-state index in [2.05, 4.69) is 219 Å². The molecule has 0 fully saturated rings. The lowest BCUT2D eigenvalue weighted by atomic mass is 9.65. The number of para-hydroxylation sites is 2. The Labute approximate surface area is 312 Å². The van der Waals surface area contributed by atoms with E-state index >= 15 is 0 Å². The fourth-order valence-corrected chi connectivity index (χ4v) is 9.41. The lowest BCUT2D eigenvalue weighted by Crippen LogP contribution is -2.31. The lowest BCUT2D eigenvalue weighted by molar-refractivity contribution is 0.632. The lowest BCUT2D eigenvalue weighted by Gasteiger charge is -2.42. The molecule has 8 aromatic rings. The molecule has 252 valence electrons. The monoisotopic (exact) mass is 677 g/mol. The Morgan fingerprint density at radius 1 is 0.377 bits per heavy atom. The molecule has 53 heavy (non-hydrogen) atoms. The molecule has 1 aliphatic carbocycles. The van der Waals surface area contributed by atoms with Gasteiger partial charge in [0, 0.05) is 11.1 Å². The molecule has 10 rings (SSSR count). The number of hydrogen-bond donors (Lipinski definition) is 0. The van der Waals surface area contributed by atoms with Crippen LogP contribution in [-0.2, 0) is 10.8 Å². The van der Waals surface area contributed by atoms with E-state index in [4.69, 9.17) is 0 Å². The van der Waals surface area contributed by atoms with Crippen LogP contribution >= 0.6 is 0 Å². The first kappa shape index (κ1) is 31.3. The normalized spacial score (nSPS) is 14.5. The summed E-state index contributed by atoms with van der Waals surface area (Å²) in [5, 5.41) is 0. The van der Waals surface area contributed by atoms with E-state index in [1.807, 2.05) is 0 Å². The Morgan fingerprint density at radius 3 is 1.36 bits per heavy atom. The van der Waals surface area contributed by atoms with Crippen LogP contribution in [0, 0.1) is 0 Å². The summed E-state index contributed by atoms with van der Waals surface area (Å²) in [7, 11) is 0. The van der Waals surface area contributed by atoms with Crippen LogP contribution in [-0.4, -0.2) is 0 Å². The minimum atomic E-state index is -0.604. The largest absolute Gasteiger partial charge is 0.310 e. The standard InChI is InChI=1S/C52H39N/c1-51(2)44-27-15-17-29-47(44)53(48-30-18-16-28-45(48)51)40-31-32-43-46(35-40)52(38-23-11-5-12-24-38,39-25-13-6-14-26-39)50-42(37-21-9-4-10-22-37)34-33-41(49(43)50)36-19-7-3-8-20-36/h3-35H,1-2H3. The van der Waals surface area contributed by atoms with Crippen molar-refractivity contribution >= 4 is 17.1 Å². The molecule has 8 aromatic carbocycles. The van der Waals surface area contributed by atoms with Crippen molar-refractivity contribution in [2.45, 2.75) is 24.7 Å². The van der Waals surface area contributed by atoms with Crippen LogP contribution in [0.15, 0.2) is 200 Å². The molecule has 0 radical (unpaired) electrons. The maximum atomic E-state index is 2.50. The molecule has 0 spiro atoms. The quantitative estimate of drug-likeness (QED) is 0.175. The second-order valence-electron chi connectivity index (χ2n) is 14.8. The van der Waals surface area contributed by atoms with E-state index in [9.17, 15) is 0 Å². The number of hydrogen-bond acceptors (Lipinski definition) is 1. The van der Waals surface area contributed by atoms with Gasteiger partial charge in [0.05, 0.1) is 16.8 Å². The Hall–Kier alpha value is -6.44. The highest BCUT2D eigenvalue weighted by atomic mass is 15.2. The Balaban J connectivity index is 1.36. The van der Waals surface area contributed by atoms with Crippen LogP contribution in [0.4, 0.5) is 17.1 Å². The van der Waals surface area contributed by atoms with E-state index < -0.39 is 5.41 Å². The molecule has 1 nitrogen and oxygen atoms in total. The van der Waals surface area contributed by atoms with Crippen molar-refractivity contribution in [3.63, 3.8) is 0 Å². The van der Waals surface area contributed by atoms with Gasteiger partial charge in [0.25, 0.3) is 0 Å². The zero-order valence-electron chi connectivity index (χ0n) is 30.0. The van der Waals surface area contributed by atoms with E-state index in [0.717, 1.165) is 5.69 Å². The number of benzene rings is 8. The van der Waals surface area contributed by atoms with Crippen molar-refractivity contribution in [2.24, 2.45) is 0 Å². The zero-order chi connectivity index (χ0) is 35.6. The highest BCUT2D eigenvalue weighted by molar-refractivity contribution is 6.01. The van der Waals surface area contributed by atoms with Gasteiger partial charge in [-0.05, 0) is 91.0 Å². The fraction of sp³-hybridized carbons (Fsp3) is 0.0769. The molecule has 1 heteroatoms. The molecule has 0 unspecified atom stereocenters. The van der Waals surface area contributed by atoms with Gasteiger partial charge in [0.15, 0.2) is 0 Å².